The average molecular weight is 225 g/mol. The van der Waals surface area contributed by atoms with Gasteiger partial charge in [0.05, 0.1) is 5.92 Å². The minimum atomic E-state index is 0.204. The largest absolute Gasteiger partial charge is 0.340 e. The van der Waals surface area contributed by atoms with Gasteiger partial charge in [0, 0.05) is 31.7 Å². The SMILES string of the molecule is CC1NCCC1C(=O)N1CCN(C)C(C)C1. The highest BCUT2D eigenvalue weighted by Crippen LogP contribution is 2.20. The molecule has 2 aliphatic rings. The van der Waals surface area contributed by atoms with E-state index in [1.807, 2.05) is 0 Å². The zero-order chi connectivity index (χ0) is 11.7. The molecule has 0 saturated carbocycles. The lowest BCUT2D eigenvalue weighted by atomic mass is 9.99. The molecule has 2 fully saturated rings. The predicted molar refractivity (Wildman–Crippen MR) is 64.2 cm³/mol. The number of piperazine rings is 1. The maximum atomic E-state index is 12.3. The number of hydrogen-bond acceptors (Lipinski definition) is 3. The average Bonchev–Trinajstić information content (AvgIpc) is 2.67. The van der Waals surface area contributed by atoms with Crippen LogP contribution in [-0.4, -0.2) is 61.0 Å². The van der Waals surface area contributed by atoms with Crippen molar-refractivity contribution in [2.24, 2.45) is 5.92 Å². The first kappa shape index (κ1) is 11.9. The van der Waals surface area contributed by atoms with Crippen LogP contribution in [-0.2, 0) is 4.79 Å². The van der Waals surface area contributed by atoms with E-state index < -0.39 is 0 Å². The van der Waals surface area contributed by atoms with Crippen LogP contribution in [0.4, 0.5) is 0 Å². The van der Waals surface area contributed by atoms with E-state index in [0.29, 0.717) is 18.0 Å². The lowest BCUT2D eigenvalue weighted by Gasteiger charge is -2.39. The molecule has 0 aliphatic carbocycles. The second-order valence-corrected chi connectivity index (χ2v) is 5.25. The minimum Gasteiger partial charge on any atom is -0.340 e. The summed E-state index contributed by atoms with van der Waals surface area (Å²) in [4.78, 5) is 16.7. The Morgan fingerprint density at radius 1 is 1.31 bits per heavy atom. The van der Waals surface area contributed by atoms with E-state index in [0.717, 1.165) is 32.6 Å². The van der Waals surface area contributed by atoms with Crippen LogP contribution in [0.2, 0.25) is 0 Å². The fourth-order valence-electron chi connectivity index (χ4n) is 2.68. The van der Waals surface area contributed by atoms with E-state index in [9.17, 15) is 4.79 Å². The van der Waals surface area contributed by atoms with Crippen molar-refractivity contribution in [1.29, 1.82) is 0 Å². The number of carbonyl (C=O) groups excluding carboxylic acids is 1. The summed E-state index contributed by atoms with van der Waals surface area (Å²) >= 11 is 0. The Bertz CT molecular complexity index is 269. The van der Waals surface area contributed by atoms with Gasteiger partial charge in [-0.25, -0.2) is 0 Å². The van der Waals surface area contributed by atoms with E-state index in [4.69, 9.17) is 0 Å². The predicted octanol–water partition coefficient (Wildman–Crippen LogP) is 0.147. The molecular formula is C12H23N3O. The fourth-order valence-corrected chi connectivity index (χ4v) is 2.68. The Labute approximate surface area is 98.0 Å². The molecule has 2 aliphatic heterocycles. The molecule has 2 saturated heterocycles. The third kappa shape index (κ3) is 2.23. The van der Waals surface area contributed by atoms with E-state index >= 15 is 0 Å². The van der Waals surface area contributed by atoms with Crippen molar-refractivity contribution in [3.8, 4) is 0 Å². The number of nitrogens with zero attached hydrogens (tertiary/aromatic N) is 2. The standard InChI is InChI=1S/C12H23N3O/c1-9-8-15(7-6-14(9)3)12(16)11-4-5-13-10(11)2/h9-11,13H,4-8H2,1-3H3. The second-order valence-electron chi connectivity index (χ2n) is 5.25. The Morgan fingerprint density at radius 3 is 2.62 bits per heavy atom. The van der Waals surface area contributed by atoms with Crippen molar-refractivity contribution in [3.05, 3.63) is 0 Å². The summed E-state index contributed by atoms with van der Waals surface area (Å²) in [6, 6.07) is 0.838. The number of likely N-dealkylation sites (N-methyl/N-ethyl adjacent to an activating group) is 1. The molecule has 2 rings (SSSR count). The Morgan fingerprint density at radius 2 is 2.06 bits per heavy atom. The molecule has 3 atom stereocenters. The van der Waals surface area contributed by atoms with Crippen molar-refractivity contribution in [2.75, 3.05) is 33.2 Å². The molecule has 16 heavy (non-hydrogen) atoms. The Hall–Kier alpha value is -0.610. The van der Waals surface area contributed by atoms with Crippen LogP contribution in [0.25, 0.3) is 0 Å². The number of amides is 1. The van der Waals surface area contributed by atoms with E-state index in [1.165, 1.54) is 0 Å². The first-order valence-corrected chi connectivity index (χ1v) is 6.32. The lowest BCUT2D eigenvalue weighted by Crippen LogP contribution is -2.54. The van der Waals surface area contributed by atoms with Crippen molar-refractivity contribution in [2.45, 2.75) is 32.4 Å². The summed E-state index contributed by atoms with van der Waals surface area (Å²) in [5, 5.41) is 3.35. The summed E-state index contributed by atoms with van der Waals surface area (Å²) in [6.45, 7) is 8.08. The van der Waals surface area contributed by atoms with Gasteiger partial charge < -0.3 is 15.1 Å². The van der Waals surface area contributed by atoms with Crippen LogP contribution >= 0.6 is 0 Å². The molecular weight excluding hydrogens is 202 g/mol. The molecule has 4 heteroatoms. The van der Waals surface area contributed by atoms with Gasteiger partial charge in [0.1, 0.15) is 0 Å². The van der Waals surface area contributed by atoms with Crippen LogP contribution in [0.3, 0.4) is 0 Å². The van der Waals surface area contributed by atoms with Crippen LogP contribution in [0, 0.1) is 5.92 Å². The zero-order valence-corrected chi connectivity index (χ0v) is 10.6. The van der Waals surface area contributed by atoms with Crippen molar-refractivity contribution in [3.63, 3.8) is 0 Å². The molecule has 0 radical (unpaired) electrons. The van der Waals surface area contributed by atoms with Gasteiger partial charge in [-0.1, -0.05) is 0 Å². The highest BCUT2D eigenvalue weighted by atomic mass is 16.2. The van der Waals surface area contributed by atoms with Gasteiger partial charge in [0.2, 0.25) is 5.91 Å². The van der Waals surface area contributed by atoms with Gasteiger partial charge >= 0.3 is 0 Å². The van der Waals surface area contributed by atoms with Gasteiger partial charge in [0.15, 0.2) is 0 Å². The first-order valence-electron chi connectivity index (χ1n) is 6.32. The van der Waals surface area contributed by atoms with Crippen LogP contribution in [0.5, 0.6) is 0 Å². The molecule has 2 heterocycles. The van der Waals surface area contributed by atoms with Gasteiger partial charge in [-0.15, -0.1) is 0 Å². The smallest absolute Gasteiger partial charge is 0.227 e. The molecule has 1 N–H and O–H groups in total. The summed E-state index contributed by atoms with van der Waals surface area (Å²) < 4.78 is 0. The van der Waals surface area contributed by atoms with Crippen LogP contribution in [0.15, 0.2) is 0 Å². The number of hydrogen-bond donors (Lipinski definition) is 1. The van der Waals surface area contributed by atoms with Gasteiger partial charge in [-0.05, 0) is 33.9 Å². The lowest BCUT2D eigenvalue weighted by molar-refractivity contribution is -0.138. The highest BCUT2D eigenvalue weighted by Gasteiger charge is 2.34. The normalized spacial score (nSPS) is 36.7. The molecule has 92 valence electrons. The van der Waals surface area contributed by atoms with Gasteiger partial charge in [0.25, 0.3) is 0 Å². The highest BCUT2D eigenvalue weighted by molar-refractivity contribution is 5.80. The molecule has 3 unspecified atom stereocenters. The second kappa shape index (κ2) is 4.72. The molecule has 0 spiro atoms. The number of nitrogens with one attached hydrogen (secondary N) is 1. The van der Waals surface area contributed by atoms with Crippen LogP contribution < -0.4 is 5.32 Å². The van der Waals surface area contributed by atoms with E-state index in [2.05, 4.69) is 36.0 Å². The molecule has 1 amide bonds. The van der Waals surface area contributed by atoms with Gasteiger partial charge in [-0.2, -0.15) is 0 Å². The summed E-state index contributed by atoms with van der Waals surface area (Å²) in [6.07, 6.45) is 1.00. The number of rotatable bonds is 1. The minimum absolute atomic E-state index is 0.204. The molecule has 0 aromatic rings. The van der Waals surface area contributed by atoms with Crippen molar-refractivity contribution < 1.29 is 4.79 Å². The maximum absolute atomic E-state index is 12.3. The monoisotopic (exact) mass is 225 g/mol. The Kier molecular flexibility index (Phi) is 3.50. The van der Waals surface area contributed by atoms with Crippen molar-refractivity contribution >= 4 is 5.91 Å². The van der Waals surface area contributed by atoms with Crippen LogP contribution in [0.1, 0.15) is 20.3 Å². The summed E-state index contributed by atoms with van der Waals surface area (Å²) in [5.74, 6) is 0.563. The van der Waals surface area contributed by atoms with E-state index in [-0.39, 0.29) is 5.92 Å². The van der Waals surface area contributed by atoms with E-state index in [1.54, 1.807) is 0 Å². The fraction of sp³-hybridized carbons (Fsp3) is 0.917. The topological polar surface area (TPSA) is 35.6 Å². The molecule has 0 aromatic carbocycles. The third-order valence-corrected chi connectivity index (χ3v) is 4.11. The maximum Gasteiger partial charge on any atom is 0.227 e. The third-order valence-electron chi connectivity index (χ3n) is 4.11. The molecule has 0 aromatic heterocycles. The quantitative estimate of drug-likeness (QED) is 0.690. The summed E-state index contributed by atoms with van der Waals surface area (Å²) in [5.41, 5.74) is 0. The Balaban J connectivity index is 1.95. The zero-order valence-electron chi connectivity index (χ0n) is 10.6. The molecule has 4 nitrogen and oxygen atoms in total. The molecule has 0 bridgehead atoms. The summed E-state index contributed by atoms with van der Waals surface area (Å²) in [7, 11) is 2.13. The van der Waals surface area contributed by atoms with Gasteiger partial charge in [-0.3, -0.25) is 4.79 Å². The van der Waals surface area contributed by atoms with Crippen molar-refractivity contribution in [1.82, 2.24) is 15.1 Å². The first-order chi connectivity index (χ1) is 7.59. The number of carbonyl (C=O) groups is 1.